The van der Waals surface area contributed by atoms with Crippen molar-refractivity contribution in [3.63, 3.8) is 0 Å². The number of carbonyl (C=O) groups is 3. The van der Waals surface area contributed by atoms with E-state index in [9.17, 15) is 14.4 Å². The Morgan fingerprint density at radius 2 is 1.57 bits per heavy atom. The third-order valence-electron chi connectivity index (χ3n) is 5.11. The Balaban J connectivity index is 1.54. The van der Waals surface area contributed by atoms with Crippen LogP contribution in [0.3, 0.4) is 0 Å². The van der Waals surface area contributed by atoms with Gasteiger partial charge in [-0.05, 0) is 48.0 Å². The molecule has 7 nitrogen and oxygen atoms in total. The van der Waals surface area contributed by atoms with Crippen LogP contribution in [0.15, 0.2) is 90.0 Å². The van der Waals surface area contributed by atoms with Crippen molar-refractivity contribution >= 4 is 52.1 Å². The van der Waals surface area contributed by atoms with E-state index in [-0.39, 0.29) is 5.75 Å². The fraction of sp³-hybridized carbons (Fsp3) is 0.0370. The van der Waals surface area contributed by atoms with Crippen molar-refractivity contribution in [3.05, 3.63) is 107 Å². The van der Waals surface area contributed by atoms with Crippen molar-refractivity contribution in [1.29, 1.82) is 0 Å². The predicted octanol–water partition coefficient (Wildman–Crippen LogP) is 5.11. The van der Waals surface area contributed by atoms with Crippen LogP contribution in [0.5, 0.6) is 5.75 Å². The Kier molecular flexibility index (Phi) is 7.18. The number of para-hydroxylation sites is 1. The summed E-state index contributed by atoms with van der Waals surface area (Å²) in [6.07, 6.45) is 1.33. The monoisotopic (exact) mass is 485 g/mol. The summed E-state index contributed by atoms with van der Waals surface area (Å²) in [6, 6.07) is 24.5. The summed E-state index contributed by atoms with van der Waals surface area (Å²) in [5, 5.41) is 8.27. The summed E-state index contributed by atoms with van der Waals surface area (Å²) in [5.74, 6) is -2.19. The van der Waals surface area contributed by atoms with E-state index in [1.807, 2.05) is 49.4 Å². The first-order valence-electron chi connectivity index (χ1n) is 10.6. The lowest BCUT2D eigenvalue weighted by molar-refractivity contribution is -0.136. The topological polar surface area (TPSA) is 96.9 Å². The molecule has 0 aliphatic rings. The molecule has 0 unspecified atom stereocenters. The number of hydrogen-bond donors (Lipinski definition) is 2. The van der Waals surface area contributed by atoms with Gasteiger partial charge in [0, 0.05) is 5.56 Å². The van der Waals surface area contributed by atoms with Gasteiger partial charge < -0.3 is 10.1 Å². The highest BCUT2D eigenvalue weighted by atomic mass is 35.5. The number of ether oxygens (including phenoxy) is 1. The maximum Gasteiger partial charge on any atom is 0.343 e. The average molecular weight is 486 g/mol. The van der Waals surface area contributed by atoms with Gasteiger partial charge in [-0.15, -0.1) is 0 Å². The van der Waals surface area contributed by atoms with Gasteiger partial charge in [0.05, 0.1) is 22.5 Å². The molecule has 8 heteroatoms. The van der Waals surface area contributed by atoms with E-state index in [0.29, 0.717) is 21.8 Å². The van der Waals surface area contributed by atoms with Crippen LogP contribution >= 0.6 is 11.6 Å². The predicted molar refractivity (Wildman–Crippen MR) is 136 cm³/mol. The normalized spacial score (nSPS) is 10.8. The van der Waals surface area contributed by atoms with Crippen molar-refractivity contribution in [1.82, 2.24) is 5.43 Å². The zero-order valence-electron chi connectivity index (χ0n) is 18.6. The van der Waals surface area contributed by atoms with E-state index in [1.165, 1.54) is 6.21 Å². The Morgan fingerprint density at radius 3 is 2.34 bits per heavy atom. The molecular formula is C27H20ClN3O4. The number of benzene rings is 4. The summed E-state index contributed by atoms with van der Waals surface area (Å²) in [6.45, 7) is 1.93. The number of carbonyl (C=O) groups excluding carboxylic acids is 3. The van der Waals surface area contributed by atoms with Gasteiger partial charge in [0.25, 0.3) is 0 Å². The van der Waals surface area contributed by atoms with E-state index in [4.69, 9.17) is 16.3 Å². The second-order valence-corrected chi connectivity index (χ2v) is 7.99. The molecular weight excluding hydrogens is 466 g/mol. The molecule has 0 atom stereocenters. The van der Waals surface area contributed by atoms with Gasteiger partial charge in [-0.2, -0.15) is 5.10 Å². The Labute approximate surface area is 206 Å². The van der Waals surface area contributed by atoms with E-state index in [1.54, 1.807) is 42.5 Å². The summed E-state index contributed by atoms with van der Waals surface area (Å²) >= 11 is 6.01. The largest absolute Gasteiger partial charge is 0.422 e. The fourth-order valence-corrected chi connectivity index (χ4v) is 3.48. The van der Waals surface area contributed by atoms with E-state index < -0.39 is 17.8 Å². The Hall–Kier alpha value is -4.49. The van der Waals surface area contributed by atoms with E-state index >= 15 is 0 Å². The second-order valence-electron chi connectivity index (χ2n) is 7.59. The number of hydrazone groups is 1. The maximum atomic E-state index is 12.7. The van der Waals surface area contributed by atoms with Crippen LogP contribution in [0.4, 0.5) is 5.69 Å². The first-order chi connectivity index (χ1) is 16.9. The zero-order valence-corrected chi connectivity index (χ0v) is 19.4. The Bertz CT molecular complexity index is 1450. The number of rotatable bonds is 5. The molecule has 4 aromatic rings. The van der Waals surface area contributed by atoms with Gasteiger partial charge in [-0.1, -0.05) is 71.8 Å². The van der Waals surface area contributed by atoms with Crippen LogP contribution in [-0.2, 0) is 9.59 Å². The van der Waals surface area contributed by atoms with Crippen LogP contribution in [0, 0.1) is 6.92 Å². The number of aryl methyl sites for hydroxylation is 1. The molecule has 0 saturated heterocycles. The molecule has 2 amide bonds. The van der Waals surface area contributed by atoms with Crippen LogP contribution in [0.25, 0.3) is 10.8 Å². The highest BCUT2D eigenvalue weighted by molar-refractivity contribution is 6.41. The lowest BCUT2D eigenvalue weighted by Crippen LogP contribution is -2.32. The molecule has 0 heterocycles. The van der Waals surface area contributed by atoms with Crippen LogP contribution in [0.2, 0.25) is 5.02 Å². The number of fused-ring (bicyclic) bond motifs is 1. The first-order valence-corrected chi connectivity index (χ1v) is 11.0. The highest BCUT2D eigenvalue weighted by Crippen LogP contribution is 2.27. The summed E-state index contributed by atoms with van der Waals surface area (Å²) < 4.78 is 5.64. The minimum Gasteiger partial charge on any atom is -0.422 e. The summed E-state index contributed by atoms with van der Waals surface area (Å²) in [7, 11) is 0. The molecule has 0 saturated carbocycles. The molecule has 174 valence electrons. The van der Waals surface area contributed by atoms with Crippen molar-refractivity contribution in [2.45, 2.75) is 6.92 Å². The van der Waals surface area contributed by atoms with Gasteiger partial charge in [0.1, 0.15) is 5.75 Å². The molecule has 0 radical (unpaired) electrons. The fourth-order valence-electron chi connectivity index (χ4n) is 3.29. The van der Waals surface area contributed by atoms with Gasteiger partial charge in [0.15, 0.2) is 0 Å². The van der Waals surface area contributed by atoms with Gasteiger partial charge >= 0.3 is 17.8 Å². The van der Waals surface area contributed by atoms with Gasteiger partial charge in [-0.25, -0.2) is 10.2 Å². The zero-order chi connectivity index (χ0) is 24.8. The minimum absolute atomic E-state index is 0.257. The first kappa shape index (κ1) is 23.7. The molecule has 35 heavy (non-hydrogen) atoms. The number of halogens is 1. The highest BCUT2D eigenvalue weighted by Gasteiger charge is 2.16. The molecule has 0 aromatic heterocycles. The molecule has 0 fully saturated rings. The minimum atomic E-state index is -0.986. The number of amides is 2. The van der Waals surface area contributed by atoms with Crippen molar-refractivity contribution in [2.24, 2.45) is 5.10 Å². The number of nitrogens with one attached hydrogen (secondary N) is 2. The molecule has 2 N–H and O–H groups in total. The van der Waals surface area contributed by atoms with Crippen molar-refractivity contribution < 1.29 is 19.1 Å². The average Bonchev–Trinajstić information content (AvgIpc) is 2.86. The summed E-state index contributed by atoms with van der Waals surface area (Å²) in [5.41, 5.74) is 4.38. The lowest BCUT2D eigenvalue weighted by Gasteiger charge is -2.11. The Morgan fingerprint density at radius 1 is 0.857 bits per heavy atom. The van der Waals surface area contributed by atoms with E-state index in [2.05, 4.69) is 15.8 Å². The molecule has 0 aliphatic carbocycles. The number of esters is 1. The molecule has 4 rings (SSSR count). The SMILES string of the molecule is Cc1ccc(C(=O)Oc2ccc3ccccc3c2/C=N/NC(=O)C(=O)Nc2ccccc2Cl)cc1. The van der Waals surface area contributed by atoms with Crippen molar-refractivity contribution in [2.75, 3.05) is 5.32 Å². The van der Waals surface area contributed by atoms with Crippen LogP contribution in [-0.4, -0.2) is 24.0 Å². The van der Waals surface area contributed by atoms with Crippen LogP contribution < -0.4 is 15.5 Å². The number of anilines is 1. The molecule has 0 bridgehead atoms. The van der Waals surface area contributed by atoms with Crippen molar-refractivity contribution in [3.8, 4) is 5.75 Å². The van der Waals surface area contributed by atoms with Gasteiger partial charge in [-0.3, -0.25) is 9.59 Å². The smallest absolute Gasteiger partial charge is 0.343 e. The third-order valence-corrected chi connectivity index (χ3v) is 5.44. The number of hydrogen-bond acceptors (Lipinski definition) is 5. The molecule has 0 aliphatic heterocycles. The third kappa shape index (κ3) is 5.72. The van der Waals surface area contributed by atoms with E-state index in [0.717, 1.165) is 16.3 Å². The maximum absolute atomic E-state index is 12.7. The van der Waals surface area contributed by atoms with Crippen LogP contribution in [0.1, 0.15) is 21.5 Å². The quantitative estimate of drug-likeness (QED) is 0.135. The lowest BCUT2D eigenvalue weighted by atomic mass is 10.0. The molecule has 0 spiro atoms. The standard InChI is InChI=1S/C27H20ClN3O4/c1-17-10-12-19(13-11-17)27(34)35-24-15-14-18-6-2-3-7-20(18)21(24)16-29-31-26(33)25(32)30-23-9-5-4-8-22(23)28/h2-16H,1H3,(H,30,32)(H,31,33)/b29-16+. The second kappa shape index (κ2) is 10.6. The molecule has 4 aromatic carbocycles. The van der Waals surface area contributed by atoms with Gasteiger partial charge in [0.2, 0.25) is 0 Å². The summed E-state index contributed by atoms with van der Waals surface area (Å²) in [4.78, 5) is 37.1. The number of nitrogens with zero attached hydrogens (tertiary/aromatic N) is 1.